The van der Waals surface area contributed by atoms with Crippen LogP contribution in [0.5, 0.6) is 0 Å². The van der Waals surface area contributed by atoms with Crippen molar-refractivity contribution < 1.29 is 0 Å². The van der Waals surface area contributed by atoms with Gasteiger partial charge in [0.25, 0.3) is 0 Å². The molecule has 0 heterocycles. The van der Waals surface area contributed by atoms with Crippen molar-refractivity contribution >= 4 is 17.3 Å². The molecule has 0 aliphatic heterocycles. The smallest absolute Gasteiger partial charge is 0.0843 e. The van der Waals surface area contributed by atoms with Crippen molar-refractivity contribution in [2.45, 2.75) is 0 Å². The van der Waals surface area contributed by atoms with Gasteiger partial charge in [-0.15, -0.1) is 0 Å². The average Bonchev–Trinajstić information content (AvgIpc) is 2.30. The first kappa shape index (κ1) is 9.76. The normalized spacial score (nSPS) is 9.13. The Labute approximate surface area is 93.8 Å². The molecule has 0 bridgehead atoms. The maximum absolute atomic E-state index is 5.77. The Hall–Kier alpha value is -1.78. The summed E-state index contributed by atoms with van der Waals surface area (Å²) in [4.78, 5) is 4.21. The Bertz CT molecular complexity index is 492. The Morgan fingerprint density at radius 3 is 2.20 bits per heavy atom. The highest BCUT2D eigenvalue weighted by Crippen LogP contribution is 2.12. The molecule has 2 heteroatoms. The first-order valence-corrected chi connectivity index (χ1v) is 5.00. The zero-order valence-electron chi connectivity index (χ0n) is 8.02. The number of nitrogens with zero attached hydrogens (tertiary/aromatic N) is 1. The molecule has 0 aromatic heterocycles. The molecule has 0 spiro atoms. The van der Waals surface area contributed by atoms with E-state index in [1.54, 1.807) is 0 Å². The van der Waals surface area contributed by atoms with Crippen molar-refractivity contribution in [2.75, 3.05) is 0 Å². The Morgan fingerprint density at radius 2 is 1.53 bits per heavy atom. The van der Waals surface area contributed by atoms with E-state index < -0.39 is 0 Å². The second-order valence-electron chi connectivity index (χ2n) is 3.07. The van der Waals surface area contributed by atoms with Crippen LogP contribution in [-0.4, -0.2) is 0 Å². The summed E-state index contributed by atoms with van der Waals surface area (Å²) in [6.45, 7) is 0. The molecule has 0 aliphatic rings. The third-order valence-corrected chi connectivity index (χ3v) is 2.17. The predicted molar refractivity (Wildman–Crippen MR) is 63.9 cm³/mol. The van der Waals surface area contributed by atoms with Crippen LogP contribution in [0.4, 0.5) is 5.69 Å². The lowest BCUT2D eigenvalue weighted by Gasteiger charge is -1.84. The van der Waals surface area contributed by atoms with Gasteiger partial charge >= 0.3 is 11.8 Å². The van der Waals surface area contributed by atoms with E-state index >= 15 is 0 Å². The summed E-state index contributed by atoms with van der Waals surface area (Å²) in [5.41, 5.74) is 1.82. The number of halogens is 1. The Balaban J connectivity index is 2.22. The zero-order chi connectivity index (χ0) is 10.5. The van der Waals surface area contributed by atoms with E-state index in [0.717, 1.165) is 16.3 Å². The molecule has 0 saturated heterocycles. The molecule has 15 heavy (non-hydrogen) atoms. The molecule has 0 N–H and O–H groups in total. The number of hydrogen-bond acceptors (Lipinski definition) is 0. The highest BCUT2D eigenvalue weighted by atomic mass is 35.5. The molecule has 0 unspecified atom stereocenters. The molecule has 0 saturated carbocycles. The third-order valence-electron chi connectivity index (χ3n) is 1.91. The molecule has 72 valence electrons. The largest absolute Gasteiger partial charge is 0.340 e. The summed E-state index contributed by atoms with van der Waals surface area (Å²) in [7, 11) is 0. The van der Waals surface area contributed by atoms with Crippen LogP contribution in [0.1, 0.15) is 5.56 Å². The summed E-state index contributed by atoms with van der Waals surface area (Å²) in [6, 6.07) is 20.1. The van der Waals surface area contributed by atoms with Crippen molar-refractivity contribution in [2.24, 2.45) is 0 Å². The molecule has 2 aromatic rings. The van der Waals surface area contributed by atoms with Gasteiger partial charge in [0, 0.05) is 17.2 Å². The first-order valence-electron chi connectivity index (χ1n) is 4.62. The van der Waals surface area contributed by atoms with Crippen LogP contribution in [0.15, 0.2) is 54.6 Å². The van der Waals surface area contributed by atoms with E-state index in [4.69, 9.17) is 11.6 Å². The highest BCUT2D eigenvalue weighted by Gasteiger charge is 1.98. The summed E-state index contributed by atoms with van der Waals surface area (Å²) in [6.07, 6.45) is 0. The number of rotatable bonds is 0. The summed E-state index contributed by atoms with van der Waals surface area (Å²) >= 11 is 5.77. The van der Waals surface area contributed by atoms with Crippen molar-refractivity contribution in [3.05, 3.63) is 70.0 Å². The molecule has 0 radical (unpaired) electrons. The summed E-state index contributed by atoms with van der Waals surface area (Å²) < 4.78 is 0. The van der Waals surface area contributed by atoms with Gasteiger partial charge in [-0.25, -0.2) is 0 Å². The first-order chi connectivity index (χ1) is 7.34. The van der Waals surface area contributed by atoms with E-state index in [0.29, 0.717) is 0 Å². The second kappa shape index (κ2) is 4.63. The summed E-state index contributed by atoms with van der Waals surface area (Å²) in [5, 5.41) is 0.722. The average molecular weight is 215 g/mol. The maximum Gasteiger partial charge on any atom is 0.340 e. The molecule has 0 fully saturated rings. The minimum atomic E-state index is 0.722. The zero-order valence-corrected chi connectivity index (χ0v) is 8.78. The van der Waals surface area contributed by atoms with E-state index in [2.05, 4.69) is 10.9 Å². The van der Waals surface area contributed by atoms with E-state index in [1.807, 2.05) is 54.6 Å². The quantitative estimate of drug-likeness (QED) is 0.614. The van der Waals surface area contributed by atoms with Gasteiger partial charge in [-0.05, 0) is 29.1 Å². The predicted octanol–water partition coefficient (Wildman–Crippen LogP) is 4.35. The van der Waals surface area contributed by atoms with Crippen LogP contribution < -0.4 is 0 Å². The Kier molecular flexibility index (Phi) is 3.02. The minimum absolute atomic E-state index is 0.722. The van der Waals surface area contributed by atoms with Gasteiger partial charge in [-0.2, -0.15) is 0 Å². The number of para-hydroxylation sites is 1. The lowest BCUT2D eigenvalue weighted by atomic mass is 10.2. The van der Waals surface area contributed by atoms with E-state index in [9.17, 15) is 0 Å². The van der Waals surface area contributed by atoms with Gasteiger partial charge in [-0.1, -0.05) is 29.8 Å². The Morgan fingerprint density at radius 1 is 0.867 bits per heavy atom. The highest BCUT2D eigenvalue weighted by molar-refractivity contribution is 6.30. The van der Waals surface area contributed by atoms with Crippen LogP contribution in [-0.2, 0) is 0 Å². The van der Waals surface area contributed by atoms with Crippen molar-refractivity contribution in [1.29, 1.82) is 0 Å². The molecule has 2 rings (SSSR count). The van der Waals surface area contributed by atoms with Crippen LogP contribution in [0.2, 0.25) is 5.02 Å². The van der Waals surface area contributed by atoms with Gasteiger partial charge in [0.2, 0.25) is 0 Å². The van der Waals surface area contributed by atoms with Crippen LogP contribution in [0.3, 0.4) is 0 Å². The lowest BCUT2D eigenvalue weighted by molar-refractivity contribution is 1.63. The van der Waals surface area contributed by atoms with Crippen molar-refractivity contribution in [1.82, 2.24) is 0 Å². The molecule has 0 atom stereocenters. The van der Waals surface area contributed by atoms with E-state index in [-0.39, 0.29) is 0 Å². The maximum atomic E-state index is 5.77. The molecule has 2 aromatic carbocycles. The third kappa shape index (κ3) is 2.83. The molecule has 0 aliphatic carbocycles. The monoisotopic (exact) mass is 214 g/mol. The van der Waals surface area contributed by atoms with Crippen molar-refractivity contribution in [3.63, 3.8) is 0 Å². The molecule has 0 amide bonds. The van der Waals surface area contributed by atoms with Crippen molar-refractivity contribution in [3.8, 4) is 6.07 Å². The fraction of sp³-hybridized carbons (Fsp3) is 0. The second-order valence-corrected chi connectivity index (χ2v) is 3.50. The van der Waals surface area contributed by atoms with Gasteiger partial charge in [-0.3, -0.25) is 0 Å². The van der Waals surface area contributed by atoms with Crippen LogP contribution in [0.25, 0.3) is 4.85 Å². The van der Waals surface area contributed by atoms with Crippen LogP contribution in [0, 0.1) is 6.07 Å². The summed E-state index contributed by atoms with van der Waals surface area (Å²) in [5.74, 6) is 0. The van der Waals surface area contributed by atoms with Gasteiger partial charge < -0.3 is 0 Å². The van der Waals surface area contributed by atoms with Gasteiger partial charge in [0.05, 0.1) is 0 Å². The van der Waals surface area contributed by atoms with Crippen LogP contribution >= 0.6 is 11.6 Å². The van der Waals surface area contributed by atoms with Gasteiger partial charge in [0.15, 0.2) is 0 Å². The molecule has 1 nitrogen and oxygen atoms in total. The SMILES string of the molecule is Clc1ccc(C#[N+]c2ccccc2)cc1. The molecular weight excluding hydrogens is 206 g/mol. The number of hydrogen-bond donors (Lipinski definition) is 0. The fourth-order valence-electron chi connectivity index (χ4n) is 1.16. The number of benzene rings is 2. The minimum Gasteiger partial charge on any atom is -0.0843 e. The van der Waals surface area contributed by atoms with Gasteiger partial charge in [0.1, 0.15) is 5.56 Å². The fourth-order valence-corrected chi connectivity index (χ4v) is 1.28. The topological polar surface area (TPSA) is 4.36 Å². The standard InChI is InChI=1S/C13H9ClN/c14-12-8-6-11(7-9-12)10-15-13-4-2-1-3-5-13/h1-9H/q+1. The lowest BCUT2D eigenvalue weighted by Crippen LogP contribution is -1.70. The van der Waals surface area contributed by atoms with E-state index in [1.165, 1.54) is 0 Å². The molecular formula is C13H9ClN+.